The summed E-state index contributed by atoms with van der Waals surface area (Å²) < 4.78 is 0. The molecule has 2 atom stereocenters. The third-order valence-corrected chi connectivity index (χ3v) is 3.89. The van der Waals surface area contributed by atoms with Gasteiger partial charge in [-0.2, -0.15) is 0 Å². The lowest BCUT2D eigenvalue weighted by Gasteiger charge is -2.27. The molecular formula is C16H22N2O3. The molecule has 1 aliphatic carbocycles. The minimum absolute atomic E-state index is 0.0449. The van der Waals surface area contributed by atoms with E-state index in [4.69, 9.17) is 5.11 Å². The molecule has 2 unspecified atom stereocenters. The maximum absolute atomic E-state index is 12.1. The summed E-state index contributed by atoms with van der Waals surface area (Å²) in [6, 6.07) is 6.73. The third kappa shape index (κ3) is 3.74. The minimum Gasteiger partial charge on any atom is -0.480 e. The lowest BCUT2D eigenvalue weighted by atomic mass is 9.88. The quantitative estimate of drug-likeness (QED) is 0.797. The molecule has 114 valence electrons. The maximum Gasteiger partial charge on any atom is 0.326 e. The van der Waals surface area contributed by atoms with Gasteiger partial charge in [-0.1, -0.05) is 38.1 Å². The number of carboxylic acid groups (broad SMARTS) is 1. The van der Waals surface area contributed by atoms with E-state index in [2.05, 4.69) is 16.7 Å². The molecule has 0 fully saturated rings. The first kappa shape index (κ1) is 15.4. The fourth-order valence-electron chi connectivity index (χ4n) is 2.76. The summed E-state index contributed by atoms with van der Waals surface area (Å²) in [6.45, 7) is 3.55. The van der Waals surface area contributed by atoms with Gasteiger partial charge in [-0.15, -0.1) is 0 Å². The molecule has 0 spiro atoms. The zero-order chi connectivity index (χ0) is 15.4. The second-order valence-corrected chi connectivity index (χ2v) is 5.82. The van der Waals surface area contributed by atoms with Crippen molar-refractivity contribution < 1.29 is 14.7 Å². The van der Waals surface area contributed by atoms with Gasteiger partial charge in [-0.3, -0.25) is 0 Å². The van der Waals surface area contributed by atoms with Crippen LogP contribution in [0, 0.1) is 5.92 Å². The van der Waals surface area contributed by atoms with Crippen LogP contribution in [0.5, 0.6) is 0 Å². The normalized spacial score (nSPS) is 18.7. The Bertz CT molecular complexity index is 528. The van der Waals surface area contributed by atoms with Crippen molar-refractivity contribution in [2.45, 2.75) is 45.2 Å². The van der Waals surface area contributed by atoms with Crippen molar-refractivity contribution in [2.75, 3.05) is 0 Å². The highest BCUT2D eigenvalue weighted by atomic mass is 16.4. The average molecular weight is 290 g/mol. The molecule has 0 radical (unpaired) electrons. The third-order valence-electron chi connectivity index (χ3n) is 3.89. The van der Waals surface area contributed by atoms with E-state index in [1.165, 1.54) is 5.56 Å². The van der Waals surface area contributed by atoms with Crippen LogP contribution in [-0.2, 0) is 11.2 Å². The first-order valence-electron chi connectivity index (χ1n) is 7.36. The summed E-state index contributed by atoms with van der Waals surface area (Å²) in [5.41, 5.74) is 2.39. The lowest BCUT2D eigenvalue weighted by molar-refractivity contribution is -0.140. The van der Waals surface area contributed by atoms with Crippen LogP contribution in [0.15, 0.2) is 24.3 Å². The van der Waals surface area contributed by atoms with E-state index in [1.54, 1.807) is 13.8 Å². The van der Waals surface area contributed by atoms with Crippen molar-refractivity contribution in [1.82, 2.24) is 10.6 Å². The molecular weight excluding hydrogens is 268 g/mol. The van der Waals surface area contributed by atoms with Crippen molar-refractivity contribution in [3.63, 3.8) is 0 Å². The first-order valence-corrected chi connectivity index (χ1v) is 7.36. The van der Waals surface area contributed by atoms with Gasteiger partial charge < -0.3 is 15.7 Å². The van der Waals surface area contributed by atoms with Gasteiger partial charge in [0.1, 0.15) is 6.04 Å². The first-order chi connectivity index (χ1) is 9.99. The molecule has 1 aromatic rings. The number of carbonyl (C=O) groups is 2. The molecule has 2 amide bonds. The Labute approximate surface area is 124 Å². The number of nitrogens with one attached hydrogen (secondary N) is 2. The Balaban J connectivity index is 2.02. The number of carboxylic acids is 1. The zero-order valence-corrected chi connectivity index (χ0v) is 12.4. The summed E-state index contributed by atoms with van der Waals surface area (Å²) in [7, 11) is 0. The van der Waals surface area contributed by atoms with Gasteiger partial charge in [0.25, 0.3) is 0 Å². The van der Waals surface area contributed by atoms with Crippen LogP contribution in [0.1, 0.15) is 43.9 Å². The number of carbonyl (C=O) groups excluding carboxylic acids is 1. The van der Waals surface area contributed by atoms with E-state index in [-0.39, 0.29) is 12.0 Å². The molecule has 1 aliphatic rings. The van der Waals surface area contributed by atoms with Gasteiger partial charge in [-0.25, -0.2) is 9.59 Å². The Hall–Kier alpha value is -2.04. The highest BCUT2D eigenvalue weighted by molar-refractivity contribution is 5.83. The number of benzene rings is 1. The molecule has 1 aromatic carbocycles. The molecule has 0 bridgehead atoms. The van der Waals surface area contributed by atoms with Crippen LogP contribution in [0.25, 0.3) is 0 Å². The Morgan fingerprint density at radius 2 is 2.00 bits per heavy atom. The molecule has 2 rings (SSSR count). The van der Waals surface area contributed by atoms with E-state index in [0.717, 1.165) is 24.8 Å². The van der Waals surface area contributed by atoms with Crippen molar-refractivity contribution in [3.8, 4) is 0 Å². The van der Waals surface area contributed by atoms with Gasteiger partial charge in [0, 0.05) is 0 Å². The van der Waals surface area contributed by atoms with Gasteiger partial charge in [-0.05, 0) is 36.3 Å². The molecule has 0 saturated carbocycles. The number of urea groups is 1. The van der Waals surface area contributed by atoms with Gasteiger partial charge in [0.2, 0.25) is 0 Å². The number of aryl methyl sites for hydroxylation is 1. The number of hydrogen-bond donors (Lipinski definition) is 3. The highest BCUT2D eigenvalue weighted by Crippen LogP contribution is 2.29. The van der Waals surface area contributed by atoms with Crippen molar-refractivity contribution in [1.29, 1.82) is 0 Å². The largest absolute Gasteiger partial charge is 0.480 e. The standard InChI is InChI=1S/C16H22N2O3/c1-10(2)14(15(19)20)18-16(21)17-13-9-5-7-11-6-3-4-8-12(11)13/h3-4,6,8,10,13-14H,5,7,9H2,1-2H3,(H,19,20)(H2,17,18,21). The van der Waals surface area contributed by atoms with Crippen LogP contribution in [-0.4, -0.2) is 23.1 Å². The smallest absolute Gasteiger partial charge is 0.326 e. The maximum atomic E-state index is 12.1. The van der Waals surface area contributed by atoms with Crippen LogP contribution in [0.2, 0.25) is 0 Å². The number of hydrogen-bond acceptors (Lipinski definition) is 2. The van der Waals surface area contributed by atoms with Gasteiger partial charge >= 0.3 is 12.0 Å². The van der Waals surface area contributed by atoms with Crippen molar-refractivity contribution in [2.24, 2.45) is 5.92 Å². The zero-order valence-electron chi connectivity index (χ0n) is 12.4. The summed E-state index contributed by atoms with van der Waals surface area (Å²) >= 11 is 0. The van der Waals surface area contributed by atoms with Crippen LogP contribution >= 0.6 is 0 Å². The lowest BCUT2D eigenvalue weighted by Crippen LogP contribution is -2.49. The number of aliphatic carboxylic acids is 1. The second kappa shape index (κ2) is 6.61. The van der Waals surface area contributed by atoms with E-state index in [9.17, 15) is 9.59 Å². The SMILES string of the molecule is CC(C)C(NC(=O)NC1CCCc2ccccc21)C(=O)O. The van der Waals surface area contributed by atoms with Crippen LogP contribution < -0.4 is 10.6 Å². The topological polar surface area (TPSA) is 78.4 Å². The summed E-state index contributed by atoms with van der Waals surface area (Å²) in [6.07, 6.45) is 2.93. The monoisotopic (exact) mass is 290 g/mol. The minimum atomic E-state index is -1.01. The second-order valence-electron chi connectivity index (χ2n) is 5.82. The Kier molecular flexibility index (Phi) is 4.83. The van der Waals surface area contributed by atoms with Crippen LogP contribution in [0.3, 0.4) is 0 Å². The molecule has 0 saturated heterocycles. The van der Waals surface area contributed by atoms with E-state index < -0.39 is 18.0 Å². The summed E-state index contributed by atoms with van der Waals surface area (Å²) in [5.74, 6) is -1.17. The molecule has 5 heteroatoms. The highest BCUT2D eigenvalue weighted by Gasteiger charge is 2.26. The van der Waals surface area contributed by atoms with E-state index in [0.29, 0.717) is 0 Å². The molecule has 0 aromatic heterocycles. The van der Waals surface area contributed by atoms with Crippen LogP contribution in [0.4, 0.5) is 4.79 Å². The molecule has 0 heterocycles. The molecule has 0 aliphatic heterocycles. The van der Waals surface area contributed by atoms with Crippen molar-refractivity contribution in [3.05, 3.63) is 35.4 Å². The number of rotatable bonds is 4. The Morgan fingerprint density at radius 1 is 1.29 bits per heavy atom. The fraction of sp³-hybridized carbons (Fsp3) is 0.500. The van der Waals surface area contributed by atoms with E-state index in [1.807, 2.05) is 18.2 Å². The summed E-state index contributed by atoms with van der Waals surface area (Å²) in [4.78, 5) is 23.2. The van der Waals surface area contributed by atoms with E-state index >= 15 is 0 Å². The molecule has 21 heavy (non-hydrogen) atoms. The fourth-order valence-corrected chi connectivity index (χ4v) is 2.76. The van der Waals surface area contributed by atoms with Gasteiger partial charge in [0.05, 0.1) is 6.04 Å². The average Bonchev–Trinajstić information content (AvgIpc) is 2.44. The predicted molar refractivity (Wildman–Crippen MR) is 80.1 cm³/mol. The number of fused-ring (bicyclic) bond motifs is 1. The molecule has 5 nitrogen and oxygen atoms in total. The molecule has 3 N–H and O–H groups in total. The summed E-state index contributed by atoms with van der Waals surface area (Å²) in [5, 5.41) is 14.6. The van der Waals surface area contributed by atoms with Crippen molar-refractivity contribution >= 4 is 12.0 Å². The number of amides is 2. The van der Waals surface area contributed by atoms with Gasteiger partial charge in [0.15, 0.2) is 0 Å². The Morgan fingerprint density at radius 3 is 2.67 bits per heavy atom. The predicted octanol–water partition coefficient (Wildman–Crippen LogP) is 2.47.